The number of hydrogen-bond acceptors (Lipinski definition) is 13. The molecular weight excluding hydrogens is 755 g/mol. The second-order valence-electron chi connectivity index (χ2n) is 13.2. The number of tetrazole rings is 1. The summed E-state index contributed by atoms with van der Waals surface area (Å²) in [6.07, 6.45) is -1.27. The number of piperazine rings is 2. The molecule has 1 aromatic carbocycles. The number of carboxylic acids is 1. The number of rotatable bonds is 11. The van der Waals surface area contributed by atoms with Crippen LogP contribution in [0.15, 0.2) is 48.8 Å². The number of carboxylic acid groups (broad SMARTS) is 1. The number of nitrogens with one attached hydrogen (secondary N) is 3. The van der Waals surface area contributed by atoms with Crippen LogP contribution in [0.25, 0.3) is 28.0 Å². The summed E-state index contributed by atoms with van der Waals surface area (Å²) < 4.78 is 38.9. The summed E-state index contributed by atoms with van der Waals surface area (Å²) in [5.41, 5.74) is 2.55. The quantitative estimate of drug-likeness (QED) is 0.0845. The molecule has 5 aromatic rings. The van der Waals surface area contributed by atoms with Crippen molar-refractivity contribution >= 4 is 40.4 Å². The molecule has 0 radical (unpaired) electrons. The average Bonchev–Trinajstić information content (AvgIpc) is 4.01. The summed E-state index contributed by atoms with van der Waals surface area (Å²) in [5, 5.41) is 29.8. The number of anilines is 1. The molecule has 302 valence electrons. The standard InChI is InChI=1S/C33H39N13O4.C2HF3O2/c1-42-11-13-43(14-12-42)10-6-9-34-31(48)25-19-24(37-38-25)28-29-27(26(50-2)21-36-28)23(20-35-29)30(47)32(49)44-15-17-45(18-16-44)33-39-40-41-46(33)22-7-4-3-5-8-22;3-2(4,5)1(6)7/h3-5,7-8,19-21,35H,6,9-18H2,1-2H3,(H,34,48)(H,37,38);(H,6,7). The van der Waals surface area contributed by atoms with E-state index in [1.165, 1.54) is 24.4 Å². The minimum atomic E-state index is -5.08. The third-order valence-electron chi connectivity index (χ3n) is 9.48. The van der Waals surface area contributed by atoms with Gasteiger partial charge in [-0.3, -0.25) is 19.5 Å². The number of aromatic amines is 2. The lowest BCUT2D eigenvalue weighted by Crippen LogP contribution is -2.51. The Hall–Kier alpha value is -6.42. The van der Waals surface area contributed by atoms with E-state index in [1.807, 2.05) is 35.2 Å². The lowest BCUT2D eigenvalue weighted by Gasteiger charge is -2.34. The molecule has 2 amide bonds. The van der Waals surface area contributed by atoms with Gasteiger partial charge in [0.2, 0.25) is 5.95 Å². The Bertz CT molecular complexity index is 2190. The first-order valence-corrected chi connectivity index (χ1v) is 17.9. The average molecular weight is 796 g/mol. The number of aromatic nitrogens is 8. The van der Waals surface area contributed by atoms with Crippen molar-refractivity contribution < 1.29 is 42.2 Å². The van der Waals surface area contributed by atoms with Crippen LogP contribution in [0.1, 0.15) is 27.3 Å². The number of fused-ring (bicyclic) bond motifs is 1. The molecule has 7 rings (SSSR count). The number of nitrogens with zero attached hydrogens (tertiary/aromatic N) is 10. The van der Waals surface area contributed by atoms with Crippen molar-refractivity contribution in [2.75, 3.05) is 84.5 Å². The van der Waals surface area contributed by atoms with Gasteiger partial charge in [0.05, 0.1) is 35.5 Å². The molecule has 0 spiro atoms. The van der Waals surface area contributed by atoms with E-state index in [0.29, 0.717) is 72.4 Å². The van der Waals surface area contributed by atoms with Gasteiger partial charge in [0, 0.05) is 65.1 Å². The van der Waals surface area contributed by atoms with Crippen molar-refractivity contribution in [2.24, 2.45) is 0 Å². The minimum Gasteiger partial charge on any atom is -0.494 e. The van der Waals surface area contributed by atoms with Crippen molar-refractivity contribution in [2.45, 2.75) is 12.6 Å². The van der Waals surface area contributed by atoms with Crippen LogP contribution in [0, 0.1) is 0 Å². The number of carbonyl (C=O) groups excluding carboxylic acids is 3. The first-order valence-electron chi connectivity index (χ1n) is 17.9. The number of aliphatic carboxylic acids is 1. The number of alkyl halides is 3. The molecular formula is C35H40F3N13O6. The van der Waals surface area contributed by atoms with E-state index in [0.717, 1.165) is 44.8 Å². The molecule has 2 aliphatic heterocycles. The highest BCUT2D eigenvalue weighted by Crippen LogP contribution is 2.34. The molecule has 57 heavy (non-hydrogen) atoms. The Labute approximate surface area is 322 Å². The minimum absolute atomic E-state index is 0.162. The number of halogens is 3. The molecule has 6 heterocycles. The van der Waals surface area contributed by atoms with Gasteiger partial charge in [-0.2, -0.15) is 23.0 Å². The number of Topliss-reactive ketones (excluding diaryl/α,β-unsaturated/α-hetero) is 1. The van der Waals surface area contributed by atoms with Gasteiger partial charge in [-0.25, -0.2) is 9.78 Å². The van der Waals surface area contributed by atoms with Crippen LogP contribution in [0.5, 0.6) is 5.75 Å². The zero-order chi connectivity index (χ0) is 40.7. The number of likely N-dealkylation sites (N-methyl/N-ethyl adjacent to an activating group) is 1. The molecule has 0 unspecified atom stereocenters. The number of benzene rings is 1. The number of para-hydroxylation sites is 1. The van der Waals surface area contributed by atoms with Gasteiger partial charge in [0.1, 0.15) is 22.8 Å². The van der Waals surface area contributed by atoms with E-state index < -0.39 is 23.8 Å². The van der Waals surface area contributed by atoms with E-state index in [9.17, 15) is 27.6 Å². The molecule has 22 heteroatoms. The normalized spacial score (nSPS) is 15.2. The van der Waals surface area contributed by atoms with Gasteiger partial charge in [-0.05, 0) is 48.6 Å². The molecule has 4 aromatic heterocycles. The molecule has 0 saturated carbocycles. The summed E-state index contributed by atoms with van der Waals surface area (Å²) in [4.78, 5) is 64.9. The zero-order valence-electron chi connectivity index (χ0n) is 31.0. The topological polar surface area (TPSA) is 224 Å². The van der Waals surface area contributed by atoms with Gasteiger partial charge >= 0.3 is 12.1 Å². The number of methoxy groups -OCH3 is 1. The van der Waals surface area contributed by atoms with Crippen molar-refractivity contribution in [3.63, 3.8) is 0 Å². The number of carbonyl (C=O) groups is 4. The fourth-order valence-corrected chi connectivity index (χ4v) is 6.36. The van der Waals surface area contributed by atoms with Gasteiger partial charge in [0.15, 0.2) is 0 Å². The van der Waals surface area contributed by atoms with E-state index in [4.69, 9.17) is 14.6 Å². The largest absolute Gasteiger partial charge is 0.494 e. The molecule has 2 aliphatic rings. The summed E-state index contributed by atoms with van der Waals surface area (Å²) in [6, 6.07) is 11.2. The second-order valence-corrected chi connectivity index (χ2v) is 13.2. The highest BCUT2D eigenvalue weighted by molar-refractivity contribution is 6.45. The Kier molecular flexibility index (Phi) is 12.4. The fraction of sp³-hybridized carbons (Fsp3) is 0.400. The molecule has 0 aliphatic carbocycles. The Morgan fingerprint density at radius 1 is 1.00 bits per heavy atom. The maximum absolute atomic E-state index is 13.7. The zero-order valence-corrected chi connectivity index (χ0v) is 31.0. The number of ether oxygens (including phenoxy) is 1. The lowest BCUT2D eigenvalue weighted by atomic mass is 10.1. The van der Waals surface area contributed by atoms with Gasteiger partial charge in [-0.15, -0.1) is 0 Å². The van der Waals surface area contributed by atoms with E-state index in [1.54, 1.807) is 10.7 Å². The van der Waals surface area contributed by atoms with E-state index in [-0.39, 0.29) is 11.5 Å². The first-order chi connectivity index (χ1) is 27.3. The highest BCUT2D eigenvalue weighted by atomic mass is 19.4. The van der Waals surface area contributed by atoms with Crippen LogP contribution in [0.2, 0.25) is 0 Å². The number of amides is 2. The van der Waals surface area contributed by atoms with Crippen molar-refractivity contribution in [3.05, 3.63) is 60.0 Å². The molecule has 0 bridgehead atoms. The molecule has 0 atom stereocenters. The monoisotopic (exact) mass is 795 g/mol. The number of H-pyrrole nitrogens is 2. The predicted octanol–water partition coefficient (Wildman–Crippen LogP) is 1.47. The van der Waals surface area contributed by atoms with Gasteiger partial charge in [-0.1, -0.05) is 23.3 Å². The third kappa shape index (κ3) is 9.35. The third-order valence-corrected chi connectivity index (χ3v) is 9.48. The maximum atomic E-state index is 13.7. The molecule has 2 fully saturated rings. The summed E-state index contributed by atoms with van der Waals surface area (Å²) >= 11 is 0. The Morgan fingerprint density at radius 2 is 1.70 bits per heavy atom. The summed E-state index contributed by atoms with van der Waals surface area (Å²) in [7, 11) is 3.60. The van der Waals surface area contributed by atoms with Crippen molar-refractivity contribution in [1.82, 2.24) is 60.4 Å². The Balaban J connectivity index is 0.000000719. The number of pyridine rings is 1. The molecule has 19 nitrogen and oxygen atoms in total. The number of ketones is 1. The van der Waals surface area contributed by atoms with Crippen LogP contribution >= 0.6 is 0 Å². The van der Waals surface area contributed by atoms with E-state index >= 15 is 0 Å². The van der Waals surface area contributed by atoms with Crippen molar-refractivity contribution in [1.29, 1.82) is 0 Å². The van der Waals surface area contributed by atoms with Crippen LogP contribution < -0.4 is 15.0 Å². The van der Waals surface area contributed by atoms with Crippen LogP contribution in [-0.4, -0.2) is 170 Å². The fourth-order valence-electron chi connectivity index (χ4n) is 6.36. The van der Waals surface area contributed by atoms with Crippen LogP contribution in [0.3, 0.4) is 0 Å². The van der Waals surface area contributed by atoms with Crippen LogP contribution in [0.4, 0.5) is 19.1 Å². The highest BCUT2D eigenvalue weighted by Gasteiger charge is 2.38. The maximum Gasteiger partial charge on any atom is 0.490 e. The summed E-state index contributed by atoms with van der Waals surface area (Å²) in [6.45, 7) is 7.18. The van der Waals surface area contributed by atoms with Gasteiger partial charge in [0.25, 0.3) is 17.6 Å². The van der Waals surface area contributed by atoms with Crippen molar-refractivity contribution in [3.8, 4) is 22.8 Å². The lowest BCUT2D eigenvalue weighted by molar-refractivity contribution is -0.192. The summed E-state index contributed by atoms with van der Waals surface area (Å²) in [5.74, 6) is -3.43. The van der Waals surface area contributed by atoms with E-state index in [2.05, 4.69) is 57.9 Å². The number of hydrogen-bond donors (Lipinski definition) is 4. The molecule has 4 N–H and O–H groups in total. The predicted molar refractivity (Wildman–Crippen MR) is 197 cm³/mol. The second kappa shape index (κ2) is 17.6. The smallest absolute Gasteiger partial charge is 0.490 e. The Morgan fingerprint density at radius 3 is 2.37 bits per heavy atom. The first kappa shape index (κ1) is 40.2. The SMILES string of the molecule is COc1cnc(-c2cc(C(=O)NCCCN3CCN(C)CC3)[nH]n2)c2[nH]cc(C(=O)C(=O)N3CCN(c4nnnn4-c4ccccc4)CC3)c12.O=C(O)C(F)(F)F. The van der Waals surface area contributed by atoms with Gasteiger partial charge < -0.3 is 39.7 Å². The molecule has 2 saturated heterocycles. The van der Waals surface area contributed by atoms with Crippen LogP contribution in [-0.2, 0) is 9.59 Å².